The molecule has 75 heavy (non-hydrogen) atoms. The number of nitrogens with one attached hydrogen (secondary N) is 1. The van der Waals surface area contributed by atoms with E-state index in [4.69, 9.17) is 42.6 Å². The van der Waals surface area contributed by atoms with E-state index in [0.29, 0.717) is 31.4 Å². The lowest BCUT2D eigenvalue weighted by atomic mass is 9.81. The minimum absolute atomic E-state index is 0.0405. The highest BCUT2D eigenvalue weighted by Crippen LogP contribution is 2.39. The Balaban J connectivity index is 1.17. The lowest BCUT2D eigenvalue weighted by Gasteiger charge is -2.50. The molecule has 3 fully saturated rings. The van der Waals surface area contributed by atoms with Crippen LogP contribution in [0.25, 0.3) is 0 Å². The number of esters is 2. The van der Waals surface area contributed by atoms with Gasteiger partial charge in [-0.05, 0) is 130 Å². The van der Waals surface area contributed by atoms with Crippen molar-refractivity contribution >= 4 is 11.9 Å². The van der Waals surface area contributed by atoms with Crippen molar-refractivity contribution in [2.24, 2.45) is 11.8 Å². The summed E-state index contributed by atoms with van der Waals surface area (Å²) in [7, 11) is 7.11. The molecule has 0 aliphatic carbocycles. The van der Waals surface area contributed by atoms with Crippen molar-refractivity contribution in [3.05, 3.63) is 95.6 Å². The third-order valence-corrected chi connectivity index (χ3v) is 16.0. The highest BCUT2D eigenvalue weighted by molar-refractivity contribution is 5.89. The molecule has 0 bridgehead atoms. The predicted molar refractivity (Wildman–Crippen MR) is 281 cm³/mol. The van der Waals surface area contributed by atoms with E-state index in [1.165, 1.54) is 18.2 Å². The van der Waals surface area contributed by atoms with Gasteiger partial charge in [-0.2, -0.15) is 0 Å². The van der Waals surface area contributed by atoms with Gasteiger partial charge in [0.1, 0.15) is 30.0 Å². The second kappa shape index (κ2) is 27.3. The number of likely N-dealkylation sites (N-methyl/N-ethyl adjacent to an activating group) is 2. The van der Waals surface area contributed by atoms with E-state index in [1.54, 1.807) is 44.2 Å². The summed E-state index contributed by atoms with van der Waals surface area (Å²) in [6.07, 6.45) is 0.173. The van der Waals surface area contributed by atoms with Crippen molar-refractivity contribution in [3.8, 4) is 0 Å². The van der Waals surface area contributed by atoms with Crippen LogP contribution in [0.5, 0.6) is 0 Å². The zero-order valence-corrected chi connectivity index (χ0v) is 45.9. The topological polar surface area (TPSA) is 196 Å². The number of hydrogen-bond donors (Lipinski definition) is 4. The molecule has 0 amide bonds. The van der Waals surface area contributed by atoms with Gasteiger partial charge in [0, 0.05) is 39.1 Å². The highest BCUT2D eigenvalue weighted by Gasteiger charge is 2.53. The number of methoxy groups -OCH3 is 1. The van der Waals surface area contributed by atoms with Crippen LogP contribution in [0.3, 0.4) is 0 Å². The number of hydrogen-bond acceptors (Lipinski definition) is 17. The fraction of sp³-hybridized carbons (Fsp3) is 0.690. The Morgan fingerprint density at radius 2 is 1.59 bits per heavy atom. The molecule has 7 rings (SSSR count). The van der Waals surface area contributed by atoms with Gasteiger partial charge in [-0.25, -0.2) is 4.79 Å². The van der Waals surface area contributed by atoms with Gasteiger partial charge in [0.15, 0.2) is 25.0 Å². The van der Waals surface area contributed by atoms with Crippen LogP contribution in [0.4, 0.5) is 0 Å². The van der Waals surface area contributed by atoms with E-state index in [9.17, 15) is 24.9 Å². The van der Waals surface area contributed by atoms with Crippen LogP contribution in [-0.2, 0) is 60.4 Å². The monoisotopic (exact) mass is 1050 g/mol. The largest absolute Gasteiger partial charge is 0.462 e. The van der Waals surface area contributed by atoms with E-state index in [2.05, 4.69) is 54.4 Å². The molecule has 2 aromatic rings. The summed E-state index contributed by atoms with van der Waals surface area (Å²) in [5.74, 6) is -1.63. The number of ether oxygens (including phenoxy) is 9. The molecule has 418 valence electrons. The standard InChI is InChI=1S/C58H87N3O14/c1-35-31-42(28-30-61-29-27-40-20-17-18-23-43(40)34-61)53(54(67-10)45(62)32-47(63)68-36(2)19-13-11-16-24-46(35)72-48-26-25-44(59-7)37(3)69-48)74-57-51(64)50(60(8)9)52(38(4)71-57)73-49-33-58(6,66)55(39(5)70-49)75-56(65)41-21-14-12-15-22-41/h11-18,20-24,35-39,42,44-46,48-55,57,59,62,64,66H,19,25-34H2,1-10H3/b13-11+,24-16+/t35-,36-,37-,38-,39+,42+,44+,45-,46+,48+,49+,50-,51-,52-,53+,54+,55+,57+,58-/m1/s1. The molecule has 5 heterocycles. The number of allylic oxidation sites excluding steroid dienone is 2. The molecular formula is C58H87N3O14. The van der Waals surface area contributed by atoms with Crippen LogP contribution in [0.2, 0.25) is 0 Å². The lowest BCUT2D eigenvalue weighted by Crippen LogP contribution is -2.66. The van der Waals surface area contributed by atoms with Crippen LogP contribution in [-0.4, -0.2) is 182 Å². The van der Waals surface area contributed by atoms with E-state index in [1.807, 2.05) is 58.1 Å². The number of cyclic esters (lactones) is 1. The van der Waals surface area contributed by atoms with Crippen molar-refractivity contribution in [1.29, 1.82) is 0 Å². The summed E-state index contributed by atoms with van der Waals surface area (Å²) >= 11 is 0. The molecule has 17 nitrogen and oxygen atoms in total. The smallest absolute Gasteiger partial charge is 0.338 e. The maximum Gasteiger partial charge on any atom is 0.338 e. The normalized spacial score (nSPS) is 39.5. The molecule has 0 radical (unpaired) electrons. The molecule has 4 N–H and O–H groups in total. The quantitative estimate of drug-likeness (QED) is 0.168. The first-order valence-corrected chi connectivity index (χ1v) is 27.3. The molecular weight excluding hydrogens is 963 g/mol. The summed E-state index contributed by atoms with van der Waals surface area (Å²) in [4.78, 5) is 30.9. The molecule has 0 aromatic heterocycles. The Labute approximate surface area is 445 Å². The Morgan fingerprint density at radius 1 is 0.867 bits per heavy atom. The van der Waals surface area contributed by atoms with Gasteiger partial charge in [0.2, 0.25) is 0 Å². The van der Waals surface area contributed by atoms with Gasteiger partial charge in [-0.1, -0.05) is 73.7 Å². The second-order valence-corrected chi connectivity index (χ2v) is 22.1. The first-order chi connectivity index (χ1) is 35.8. The van der Waals surface area contributed by atoms with Gasteiger partial charge < -0.3 is 68.2 Å². The highest BCUT2D eigenvalue weighted by atomic mass is 16.7. The number of nitrogens with zero attached hydrogens (tertiary/aromatic N) is 2. The van der Waals surface area contributed by atoms with Gasteiger partial charge in [0.05, 0.1) is 54.6 Å². The van der Waals surface area contributed by atoms with Crippen LogP contribution < -0.4 is 5.32 Å². The van der Waals surface area contributed by atoms with Gasteiger partial charge in [-0.15, -0.1) is 0 Å². The molecule has 0 unspecified atom stereocenters. The fourth-order valence-electron chi connectivity index (χ4n) is 11.8. The second-order valence-electron chi connectivity index (χ2n) is 22.1. The molecule has 19 atom stereocenters. The van der Waals surface area contributed by atoms with E-state index >= 15 is 0 Å². The van der Waals surface area contributed by atoms with Crippen molar-refractivity contribution in [1.82, 2.24) is 15.1 Å². The molecule has 5 aliphatic rings. The number of aliphatic hydroxyl groups excluding tert-OH is 2. The summed E-state index contributed by atoms with van der Waals surface area (Å²) in [5.41, 5.74) is 1.45. The lowest BCUT2D eigenvalue weighted by molar-refractivity contribution is -0.344. The zero-order valence-electron chi connectivity index (χ0n) is 45.9. The summed E-state index contributed by atoms with van der Waals surface area (Å²) < 4.78 is 58.0. The Morgan fingerprint density at radius 3 is 2.28 bits per heavy atom. The third kappa shape index (κ3) is 15.6. The summed E-state index contributed by atoms with van der Waals surface area (Å²) in [5, 5.41) is 39.9. The Kier molecular flexibility index (Phi) is 21.5. The molecule has 3 saturated heterocycles. The van der Waals surface area contributed by atoms with Crippen LogP contribution >= 0.6 is 0 Å². The number of fused-ring (bicyclic) bond motifs is 1. The number of carbonyl (C=O) groups excluding carboxylic acids is 2. The first-order valence-electron chi connectivity index (χ1n) is 27.3. The first kappa shape index (κ1) is 59.0. The Bertz CT molecular complexity index is 2160. The maximum absolute atomic E-state index is 13.5. The molecule has 2 aromatic carbocycles. The molecule has 0 spiro atoms. The molecule has 5 aliphatic heterocycles. The number of rotatable bonds is 14. The minimum Gasteiger partial charge on any atom is -0.462 e. The molecule has 0 saturated carbocycles. The molecule has 17 heteroatoms. The van der Waals surface area contributed by atoms with Crippen molar-refractivity contribution in [3.63, 3.8) is 0 Å². The minimum atomic E-state index is -1.54. The van der Waals surface area contributed by atoms with Crippen LogP contribution in [0, 0.1) is 11.8 Å². The van der Waals surface area contributed by atoms with Gasteiger partial charge >= 0.3 is 11.9 Å². The van der Waals surface area contributed by atoms with Crippen molar-refractivity contribution in [2.75, 3.05) is 41.3 Å². The number of benzene rings is 2. The maximum atomic E-state index is 13.5. The van der Waals surface area contributed by atoms with Crippen molar-refractivity contribution < 1.29 is 67.5 Å². The van der Waals surface area contributed by atoms with E-state index in [-0.39, 0.29) is 42.9 Å². The summed E-state index contributed by atoms with van der Waals surface area (Å²) in [6.45, 7) is 13.5. The third-order valence-electron chi connectivity index (χ3n) is 16.0. The predicted octanol–water partition coefficient (Wildman–Crippen LogP) is 5.71. The summed E-state index contributed by atoms with van der Waals surface area (Å²) in [6, 6.07) is 16.6. The van der Waals surface area contributed by atoms with Crippen LogP contribution in [0.15, 0.2) is 78.9 Å². The van der Waals surface area contributed by atoms with Crippen LogP contribution in [0.1, 0.15) is 108 Å². The zero-order chi connectivity index (χ0) is 54.0. The van der Waals surface area contributed by atoms with Gasteiger partial charge in [-0.3, -0.25) is 9.69 Å². The average Bonchev–Trinajstić information content (AvgIpc) is 3.37. The number of aliphatic hydroxyl groups is 3. The number of carbonyl (C=O) groups is 2. The van der Waals surface area contributed by atoms with Gasteiger partial charge in [0.25, 0.3) is 0 Å². The average molecular weight is 1050 g/mol. The van der Waals surface area contributed by atoms with Crippen molar-refractivity contribution in [2.45, 2.75) is 203 Å². The SMILES string of the molecule is CN[C@H]1CC[C@H](O[C@H]2/C=C/C=C/C[C@@H](C)OC(=O)C[C@@H](O)[C@H](OC)[C@@H](O[C@@H]3O[C@H](C)[C@@H](O[C@H]4C[C@@](C)(O)[C@@H](OC(=O)c5ccccc5)[C@H](C)O4)[C@H](N(C)C)[C@H]3O)[C@@H](CCN3CCc4ccccc4C3)C[C@H]2C)O[C@@H]1C. The fourth-order valence-corrected chi connectivity index (χ4v) is 11.8. The Hall–Kier alpha value is -3.66. The van der Waals surface area contributed by atoms with E-state index < -0.39 is 97.4 Å². The van der Waals surface area contributed by atoms with E-state index in [0.717, 1.165) is 32.4 Å².